The molecule has 0 heterocycles. The molecule has 0 bridgehead atoms. The molecule has 4 heteroatoms. The van der Waals surface area contributed by atoms with E-state index in [1.165, 1.54) is 24.8 Å². The SMILES string of the molecule is CCCCC(C)CNCc1cccc(CNC(=O)OC(C)(C)C)c1. The maximum Gasteiger partial charge on any atom is 0.407 e. The lowest BCUT2D eigenvalue weighted by Gasteiger charge is -2.19. The van der Waals surface area contributed by atoms with Crippen molar-refractivity contribution < 1.29 is 9.53 Å². The molecule has 0 aliphatic carbocycles. The van der Waals surface area contributed by atoms with Crippen molar-refractivity contribution in [2.45, 2.75) is 72.6 Å². The molecule has 1 atom stereocenters. The number of benzene rings is 1. The first-order valence-electron chi connectivity index (χ1n) is 9.05. The Morgan fingerprint density at radius 3 is 2.50 bits per heavy atom. The zero-order valence-electron chi connectivity index (χ0n) is 15.9. The summed E-state index contributed by atoms with van der Waals surface area (Å²) in [5.41, 5.74) is 1.85. The molecule has 24 heavy (non-hydrogen) atoms. The van der Waals surface area contributed by atoms with Crippen LogP contribution in [0.2, 0.25) is 0 Å². The van der Waals surface area contributed by atoms with Gasteiger partial charge in [0.15, 0.2) is 0 Å². The Hall–Kier alpha value is -1.55. The van der Waals surface area contributed by atoms with Crippen LogP contribution in [0, 0.1) is 5.92 Å². The second-order valence-corrected chi connectivity index (χ2v) is 7.55. The average molecular weight is 335 g/mol. The van der Waals surface area contributed by atoms with Crippen LogP contribution in [0.25, 0.3) is 0 Å². The van der Waals surface area contributed by atoms with Crippen molar-refractivity contribution in [2.75, 3.05) is 6.54 Å². The number of hydrogen-bond acceptors (Lipinski definition) is 3. The Bertz CT molecular complexity index is 495. The first-order chi connectivity index (χ1) is 11.3. The van der Waals surface area contributed by atoms with Gasteiger partial charge in [-0.2, -0.15) is 0 Å². The molecule has 4 nitrogen and oxygen atoms in total. The number of amides is 1. The van der Waals surface area contributed by atoms with Crippen molar-refractivity contribution >= 4 is 6.09 Å². The van der Waals surface area contributed by atoms with Crippen LogP contribution in [-0.4, -0.2) is 18.2 Å². The highest BCUT2D eigenvalue weighted by molar-refractivity contribution is 5.67. The molecule has 0 aromatic heterocycles. The minimum absolute atomic E-state index is 0.379. The minimum atomic E-state index is -0.468. The van der Waals surface area contributed by atoms with Crippen LogP contribution in [0.5, 0.6) is 0 Å². The van der Waals surface area contributed by atoms with Gasteiger partial charge in [0, 0.05) is 13.1 Å². The second-order valence-electron chi connectivity index (χ2n) is 7.55. The molecular weight excluding hydrogens is 300 g/mol. The lowest BCUT2D eigenvalue weighted by molar-refractivity contribution is 0.0523. The molecule has 0 fully saturated rings. The summed E-state index contributed by atoms with van der Waals surface area (Å²) in [4.78, 5) is 11.7. The van der Waals surface area contributed by atoms with E-state index in [9.17, 15) is 4.79 Å². The highest BCUT2D eigenvalue weighted by Crippen LogP contribution is 2.09. The van der Waals surface area contributed by atoms with Crippen LogP contribution in [0.15, 0.2) is 24.3 Å². The van der Waals surface area contributed by atoms with E-state index >= 15 is 0 Å². The summed E-state index contributed by atoms with van der Waals surface area (Å²) < 4.78 is 5.25. The number of unbranched alkanes of at least 4 members (excludes halogenated alkanes) is 1. The largest absolute Gasteiger partial charge is 0.444 e. The van der Waals surface area contributed by atoms with Crippen LogP contribution in [-0.2, 0) is 17.8 Å². The minimum Gasteiger partial charge on any atom is -0.444 e. The molecule has 0 aliphatic heterocycles. The van der Waals surface area contributed by atoms with E-state index in [1.807, 2.05) is 32.9 Å². The molecule has 2 N–H and O–H groups in total. The summed E-state index contributed by atoms with van der Waals surface area (Å²) in [5, 5.41) is 6.32. The van der Waals surface area contributed by atoms with Crippen LogP contribution in [0.1, 0.15) is 65.0 Å². The number of alkyl carbamates (subject to hydrolysis) is 1. The molecule has 0 saturated heterocycles. The number of nitrogens with one attached hydrogen (secondary N) is 2. The molecule has 1 aromatic rings. The van der Waals surface area contributed by atoms with Gasteiger partial charge < -0.3 is 15.4 Å². The molecule has 0 aliphatic rings. The summed E-state index contributed by atoms with van der Waals surface area (Å²) in [5.74, 6) is 0.710. The second kappa shape index (κ2) is 10.3. The van der Waals surface area contributed by atoms with Crippen LogP contribution in [0.3, 0.4) is 0 Å². The standard InChI is InChI=1S/C20H34N2O2/c1-6-7-9-16(2)13-21-14-17-10-8-11-18(12-17)15-22-19(23)24-20(3,4)5/h8,10-12,16,21H,6-7,9,13-15H2,1-5H3,(H,22,23). The van der Waals surface area contributed by atoms with Crippen LogP contribution >= 0.6 is 0 Å². The van der Waals surface area contributed by atoms with Gasteiger partial charge in [0.1, 0.15) is 5.60 Å². The number of rotatable bonds is 9. The predicted octanol–water partition coefficient (Wildman–Crippen LogP) is 4.63. The van der Waals surface area contributed by atoms with Crippen molar-refractivity contribution in [3.8, 4) is 0 Å². The Kier molecular flexibility index (Phi) is 8.83. The monoisotopic (exact) mass is 334 g/mol. The lowest BCUT2D eigenvalue weighted by Crippen LogP contribution is -2.32. The summed E-state index contributed by atoms with van der Waals surface area (Å²) in [7, 11) is 0. The maximum atomic E-state index is 11.7. The molecule has 0 radical (unpaired) electrons. The molecule has 0 saturated carbocycles. The topological polar surface area (TPSA) is 50.4 Å². The fraction of sp³-hybridized carbons (Fsp3) is 0.650. The van der Waals surface area contributed by atoms with Crippen molar-refractivity contribution in [3.63, 3.8) is 0 Å². The Labute approximate surface area is 147 Å². The third-order valence-electron chi connectivity index (χ3n) is 3.70. The molecule has 1 amide bonds. The van der Waals surface area contributed by atoms with Gasteiger partial charge in [-0.3, -0.25) is 0 Å². The molecule has 1 rings (SSSR count). The van der Waals surface area contributed by atoms with E-state index in [2.05, 4.69) is 36.6 Å². The van der Waals surface area contributed by atoms with Gasteiger partial charge >= 0.3 is 6.09 Å². The van der Waals surface area contributed by atoms with Gasteiger partial charge in [-0.25, -0.2) is 4.79 Å². The van der Waals surface area contributed by atoms with Crippen LogP contribution < -0.4 is 10.6 Å². The van der Waals surface area contributed by atoms with Crippen molar-refractivity contribution in [2.24, 2.45) is 5.92 Å². The van der Waals surface area contributed by atoms with Crippen molar-refractivity contribution in [3.05, 3.63) is 35.4 Å². The van der Waals surface area contributed by atoms with Gasteiger partial charge in [-0.15, -0.1) is 0 Å². The zero-order valence-corrected chi connectivity index (χ0v) is 15.9. The Balaban J connectivity index is 2.37. The van der Waals surface area contributed by atoms with Crippen molar-refractivity contribution in [1.82, 2.24) is 10.6 Å². The summed E-state index contributed by atoms with van der Waals surface area (Å²) >= 11 is 0. The highest BCUT2D eigenvalue weighted by atomic mass is 16.6. The van der Waals surface area contributed by atoms with Gasteiger partial charge in [-0.1, -0.05) is 51.0 Å². The van der Waals surface area contributed by atoms with Gasteiger partial charge in [0.05, 0.1) is 0 Å². The average Bonchev–Trinajstić information content (AvgIpc) is 2.50. The molecule has 136 valence electrons. The first kappa shape index (κ1) is 20.5. The van der Waals surface area contributed by atoms with E-state index in [4.69, 9.17) is 4.74 Å². The third-order valence-corrected chi connectivity index (χ3v) is 3.70. The number of hydrogen-bond donors (Lipinski definition) is 2. The van der Waals surface area contributed by atoms with Gasteiger partial charge in [-0.05, 0) is 50.8 Å². The number of carbonyl (C=O) groups is 1. The van der Waals surface area contributed by atoms with E-state index in [1.54, 1.807) is 0 Å². The predicted molar refractivity (Wildman–Crippen MR) is 99.9 cm³/mol. The van der Waals surface area contributed by atoms with Gasteiger partial charge in [0.2, 0.25) is 0 Å². The van der Waals surface area contributed by atoms with E-state index in [0.29, 0.717) is 12.5 Å². The van der Waals surface area contributed by atoms with E-state index in [-0.39, 0.29) is 6.09 Å². The van der Waals surface area contributed by atoms with E-state index < -0.39 is 5.60 Å². The van der Waals surface area contributed by atoms with E-state index in [0.717, 1.165) is 18.7 Å². The van der Waals surface area contributed by atoms with Crippen molar-refractivity contribution in [1.29, 1.82) is 0 Å². The maximum absolute atomic E-state index is 11.7. The Morgan fingerprint density at radius 2 is 1.88 bits per heavy atom. The lowest BCUT2D eigenvalue weighted by atomic mass is 10.0. The number of carbonyl (C=O) groups excluding carboxylic acids is 1. The molecule has 0 spiro atoms. The smallest absolute Gasteiger partial charge is 0.407 e. The zero-order chi connectivity index (χ0) is 18.0. The van der Waals surface area contributed by atoms with Gasteiger partial charge in [0.25, 0.3) is 0 Å². The van der Waals surface area contributed by atoms with Crippen LogP contribution in [0.4, 0.5) is 4.79 Å². The quantitative estimate of drug-likeness (QED) is 0.692. The first-order valence-corrected chi connectivity index (χ1v) is 9.05. The molecular formula is C20H34N2O2. The summed E-state index contributed by atoms with van der Waals surface area (Å²) in [6.45, 7) is 12.5. The summed E-state index contributed by atoms with van der Waals surface area (Å²) in [6.07, 6.45) is 3.46. The molecule has 1 aromatic carbocycles. The normalized spacial score (nSPS) is 12.7. The summed E-state index contributed by atoms with van der Waals surface area (Å²) in [6, 6.07) is 8.29. The fourth-order valence-electron chi connectivity index (χ4n) is 2.46. The third kappa shape index (κ3) is 9.56. The fourth-order valence-corrected chi connectivity index (χ4v) is 2.46. The molecule has 1 unspecified atom stereocenters. The number of ether oxygens (including phenoxy) is 1. The Morgan fingerprint density at radius 1 is 1.21 bits per heavy atom. The highest BCUT2D eigenvalue weighted by Gasteiger charge is 2.15.